The number of amides is 1. The fourth-order valence-corrected chi connectivity index (χ4v) is 5.27. The number of carbonyl (C=O) groups excluding carboxylic acids is 1. The Morgan fingerprint density at radius 3 is 1.82 bits per heavy atom. The highest BCUT2D eigenvalue weighted by atomic mass is 35.6. The first-order chi connectivity index (χ1) is 18.8. The van der Waals surface area contributed by atoms with Crippen LogP contribution < -0.4 is 16.0 Å². The van der Waals surface area contributed by atoms with Crippen LogP contribution in [0.1, 0.15) is 110 Å². The van der Waals surface area contributed by atoms with Crippen molar-refractivity contribution in [1.29, 1.82) is 0 Å². The number of fused-ring (bicyclic) bond motifs is 1. The van der Waals surface area contributed by atoms with Gasteiger partial charge in [-0.25, -0.2) is 0 Å². The van der Waals surface area contributed by atoms with E-state index in [1.165, 1.54) is 77.0 Å². The van der Waals surface area contributed by atoms with Gasteiger partial charge < -0.3 is 16.0 Å². The molecule has 0 radical (unpaired) electrons. The van der Waals surface area contributed by atoms with Gasteiger partial charge in [-0.1, -0.05) is 168 Å². The van der Waals surface area contributed by atoms with E-state index in [9.17, 15) is 4.79 Å². The first kappa shape index (κ1) is 33.9. The first-order valence-corrected chi connectivity index (χ1v) is 16.3. The molecule has 8 heteroatoms. The zero-order valence-corrected chi connectivity index (χ0v) is 26.5. The number of hydrogen-bond donors (Lipinski definition) is 3. The summed E-state index contributed by atoms with van der Waals surface area (Å²) in [6.07, 6.45) is 18.7. The maximum absolute atomic E-state index is 12.6. The van der Waals surface area contributed by atoms with Gasteiger partial charge in [0.05, 0.1) is 0 Å². The summed E-state index contributed by atoms with van der Waals surface area (Å²) in [7, 11) is 0. The molecule has 3 N–H and O–H groups in total. The van der Waals surface area contributed by atoms with E-state index >= 15 is 0 Å². The molecule has 2 rings (SSSR count). The van der Waals surface area contributed by atoms with Crippen molar-refractivity contribution in [2.24, 2.45) is 0 Å². The zero-order valence-electron chi connectivity index (χ0n) is 23.4. The number of halogens is 3. The Hall–Kier alpha value is -1.27. The van der Waals surface area contributed by atoms with Gasteiger partial charge in [-0.15, -0.1) is 0 Å². The zero-order chi connectivity index (χ0) is 28.3. The molecule has 0 aromatic heterocycles. The van der Waals surface area contributed by atoms with Crippen LogP contribution in [0.15, 0.2) is 42.5 Å². The van der Waals surface area contributed by atoms with Crippen LogP contribution in [-0.4, -0.2) is 21.0 Å². The van der Waals surface area contributed by atoms with E-state index in [0.29, 0.717) is 6.42 Å². The molecule has 0 spiro atoms. The monoisotopic (exact) mass is 613 g/mol. The van der Waals surface area contributed by atoms with E-state index in [0.717, 1.165) is 35.7 Å². The summed E-state index contributed by atoms with van der Waals surface area (Å²) in [5.74, 6) is -0.165. The lowest BCUT2D eigenvalue weighted by Crippen LogP contribution is -2.56. The van der Waals surface area contributed by atoms with E-state index in [2.05, 4.69) is 22.9 Å². The molecule has 1 amide bonds. The van der Waals surface area contributed by atoms with Gasteiger partial charge in [-0.05, 0) is 30.1 Å². The summed E-state index contributed by atoms with van der Waals surface area (Å²) in [5, 5.41) is 11.3. The van der Waals surface area contributed by atoms with Crippen LogP contribution >= 0.6 is 47.0 Å². The summed E-state index contributed by atoms with van der Waals surface area (Å²) in [5.41, 5.74) is 0.831. The fourth-order valence-electron chi connectivity index (χ4n) is 4.71. The summed E-state index contributed by atoms with van der Waals surface area (Å²) in [4.78, 5) is 12.6. The lowest BCUT2D eigenvalue weighted by atomic mass is 10.0. The summed E-state index contributed by atoms with van der Waals surface area (Å²) >= 11 is 23.9. The van der Waals surface area contributed by atoms with Gasteiger partial charge in [0, 0.05) is 17.5 Å². The number of unbranched alkanes of at least 4 members (excludes halogenated alkanes) is 14. The number of benzene rings is 2. The van der Waals surface area contributed by atoms with Crippen LogP contribution in [-0.2, 0) is 4.79 Å². The second-order valence-electron chi connectivity index (χ2n) is 10.4. The van der Waals surface area contributed by atoms with Crippen molar-refractivity contribution in [3.63, 3.8) is 0 Å². The van der Waals surface area contributed by atoms with Crippen LogP contribution in [0.5, 0.6) is 0 Å². The molecule has 0 saturated heterocycles. The van der Waals surface area contributed by atoms with Crippen LogP contribution in [0, 0.1) is 0 Å². The van der Waals surface area contributed by atoms with Crippen molar-refractivity contribution in [3.8, 4) is 0 Å². The molecule has 0 fully saturated rings. The predicted octanol–water partition coefficient (Wildman–Crippen LogP) is 10.2. The number of carbonyl (C=O) groups is 1. The molecule has 1 atom stereocenters. The van der Waals surface area contributed by atoms with Gasteiger partial charge in [0.15, 0.2) is 5.11 Å². The molecule has 218 valence electrons. The second-order valence-corrected chi connectivity index (χ2v) is 13.1. The molecule has 0 aliphatic carbocycles. The Morgan fingerprint density at radius 2 is 1.26 bits per heavy atom. The van der Waals surface area contributed by atoms with Crippen molar-refractivity contribution in [3.05, 3.63) is 42.5 Å². The predicted molar refractivity (Wildman–Crippen MR) is 175 cm³/mol. The number of hydrogen-bond acceptors (Lipinski definition) is 2. The molecule has 0 saturated carbocycles. The molecule has 2 aromatic carbocycles. The minimum atomic E-state index is -1.77. The van der Waals surface area contributed by atoms with Crippen LogP contribution in [0.2, 0.25) is 0 Å². The molecule has 0 aliphatic rings. The van der Waals surface area contributed by atoms with E-state index < -0.39 is 9.96 Å². The van der Waals surface area contributed by atoms with Crippen LogP contribution in [0.4, 0.5) is 5.69 Å². The molecule has 0 unspecified atom stereocenters. The average molecular weight is 615 g/mol. The summed E-state index contributed by atoms with van der Waals surface area (Å²) in [6, 6.07) is 13.9. The summed E-state index contributed by atoms with van der Waals surface area (Å²) < 4.78 is -1.77. The highest BCUT2D eigenvalue weighted by Crippen LogP contribution is 2.29. The van der Waals surface area contributed by atoms with Crippen LogP contribution in [0.25, 0.3) is 10.8 Å². The number of rotatable bonds is 19. The largest absolute Gasteiger partial charge is 0.339 e. The molecule has 4 nitrogen and oxygen atoms in total. The van der Waals surface area contributed by atoms with Crippen molar-refractivity contribution >= 4 is 74.5 Å². The van der Waals surface area contributed by atoms with Crippen molar-refractivity contribution in [1.82, 2.24) is 10.6 Å². The molecule has 39 heavy (non-hydrogen) atoms. The van der Waals surface area contributed by atoms with E-state index in [-0.39, 0.29) is 11.0 Å². The Bertz CT molecular complexity index is 978. The van der Waals surface area contributed by atoms with Gasteiger partial charge in [-0.3, -0.25) is 4.79 Å². The highest BCUT2D eigenvalue weighted by molar-refractivity contribution is 7.80. The molecular formula is C31H46Cl3N3OS. The minimum Gasteiger partial charge on any atom is -0.339 e. The molecule has 0 bridgehead atoms. The number of alkyl halides is 3. The van der Waals surface area contributed by atoms with Crippen molar-refractivity contribution in [2.75, 3.05) is 5.32 Å². The fraction of sp³-hybridized carbons (Fsp3) is 0.613. The quantitative estimate of drug-likeness (QED) is 0.0638. The average Bonchev–Trinajstić information content (AvgIpc) is 2.90. The summed E-state index contributed by atoms with van der Waals surface area (Å²) in [6.45, 7) is 2.27. The Kier molecular flexibility index (Phi) is 17.2. The third-order valence-electron chi connectivity index (χ3n) is 6.95. The third kappa shape index (κ3) is 14.8. The first-order valence-electron chi connectivity index (χ1n) is 14.7. The van der Waals surface area contributed by atoms with Crippen molar-refractivity contribution in [2.45, 2.75) is 120 Å². The van der Waals surface area contributed by atoms with Gasteiger partial charge >= 0.3 is 0 Å². The number of nitrogens with one attached hydrogen (secondary N) is 3. The molecule has 0 aliphatic heterocycles. The molecule has 0 heterocycles. The number of anilines is 1. The Labute approximate surface area is 256 Å². The lowest BCUT2D eigenvalue weighted by Gasteiger charge is -2.28. The van der Waals surface area contributed by atoms with E-state index in [4.69, 9.17) is 47.0 Å². The smallest absolute Gasteiger partial charge is 0.228 e. The minimum absolute atomic E-state index is 0.165. The highest BCUT2D eigenvalue weighted by Gasteiger charge is 2.34. The maximum Gasteiger partial charge on any atom is 0.228 e. The third-order valence-corrected chi connectivity index (χ3v) is 7.83. The normalized spacial score (nSPS) is 12.3. The molecule has 2 aromatic rings. The van der Waals surface area contributed by atoms with Gasteiger partial charge in [-0.2, -0.15) is 0 Å². The van der Waals surface area contributed by atoms with E-state index in [1.54, 1.807) is 0 Å². The lowest BCUT2D eigenvalue weighted by molar-refractivity contribution is -0.122. The Balaban J connectivity index is 1.58. The topological polar surface area (TPSA) is 53.2 Å². The SMILES string of the molecule is CCCCCCCCCCCCCCCCCC(=O)N[C@H](NC(=S)Nc1cccc2ccccc12)C(Cl)(Cl)Cl. The molecular weight excluding hydrogens is 569 g/mol. The van der Waals surface area contributed by atoms with Gasteiger partial charge in [0.2, 0.25) is 9.70 Å². The number of thiocarbonyl (C=S) groups is 1. The van der Waals surface area contributed by atoms with Crippen molar-refractivity contribution < 1.29 is 4.79 Å². The maximum atomic E-state index is 12.6. The van der Waals surface area contributed by atoms with E-state index in [1.807, 2.05) is 42.5 Å². The van der Waals surface area contributed by atoms with Crippen LogP contribution in [0.3, 0.4) is 0 Å². The van der Waals surface area contributed by atoms with Gasteiger partial charge in [0.1, 0.15) is 6.17 Å². The Morgan fingerprint density at radius 1 is 0.744 bits per heavy atom. The second kappa shape index (κ2) is 19.7. The van der Waals surface area contributed by atoms with Gasteiger partial charge in [0.25, 0.3) is 0 Å². The standard InChI is InChI=1S/C31H46Cl3N3OS/c1-2-3-4-5-6-7-8-9-10-11-12-13-14-15-16-24-28(38)36-29(31(32,33)34)37-30(39)35-27-23-19-21-25-20-17-18-22-26(25)27/h17-23,29H,2-16,24H2,1H3,(H,36,38)(H2,35,37,39)/t29-/m1/s1.